The summed E-state index contributed by atoms with van der Waals surface area (Å²) in [6, 6.07) is 0. The summed E-state index contributed by atoms with van der Waals surface area (Å²) in [5.74, 6) is 0.353. The van der Waals surface area contributed by atoms with Gasteiger partial charge in [0.2, 0.25) is 0 Å². The van der Waals surface area contributed by atoms with Gasteiger partial charge in [0.25, 0.3) is 0 Å². The second-order valence-corrected chi connectivity index (χ2v) is 4.86. The van der Waals surface area contributed by atoms with Gasteiger partial charge in [-0.25, -0.2) is 4.98 Å². The Morgan fingerprint density at radius 3 is 2.53 bits per heavy atom. The Morgan fingerprint density at radius 1 is 1.33 bits per heavy atom. The van der Waals surface area contributed by atoms with E-state index in [0.29, 0.717) is 11.1 Å². The van der Waals surface area contributed by atoms with Gasteiger partial charge in [0.1, 0.15) is 0 Å². The molecule has 2 rings (SSSR count). The van der Waals surface area contributed by atoms with Crippen molar-refractivity contribution in [2.45, 2.75) is 44.1 Å². The number of aromatic nitrogens is 2. The topological polar surface area (TPSA) is 46.0 Å². The lowest BCUT2D eigenvalue weighted by Gasteiger charge is -2.32. The molecule has 1 fully saturated rings. The molecule has 0 unspecified atom stereocenters. The third kappa shape index (κ3) is 2.47. The molecule has 1 aromatic rings. The molecule has 0 radical (unpaired) electrons. The first-order valence-electron chi connectivity index (χ1n) is 5.27. The van der Waals surface area contributed by atoms with Crippen LogP contribution in [0, 0.1) is 0 Å². The standard InChI is InChI=1S/C11H15ClN2O/c1-11(15)4-2-8(3-5-11)9-10(12)14-7-6-13-9/h6-8,15H,2-5H2,1H3. The number of rotatable bonds is 1. The molecular weight excluding hydrogens is 212 g/mol. The summed E-state index contributed by atoms with van der Waals surface area (Å²) in [7, 11) is 0. The van der Waals surface area contributed by atoms with E-state index in [4.69, 9.17) is 11.6 Å². The molecule has 1 heterocycles. The van der Waals surface area contributed by atoms with Gasteiger partial charge in [0, 0.05) is 18.3 Å². The van der Waals surface area contributed by atoms with Gasteiger partial charge < -0.3 is 5.11 Å². The van der Waals surface area contributed by atoms with Crippen LogP contribution in [0.1, 0.15) is 44.2 Å². The molecule has 1 saturated carbocycles. The van der Waals surface area contributed by atoms with E-state index >= 15 is 0 Å². The Hall–Kier alpha value is -0.670. The summed E-state index contributed by atoms with van der Waals surface area (Å²) in [6.45, 7) is 1.89. The van der Waals surface area contributed by atoms with Crippen molar-refractivity contribution in [2.24, 2.45) is 0 Å². The zero-order valence-electron chi connectivity index (χ0n) is 8.78. The summed E-state index contributed by atoms with van der Waals surface area (Å²) >= 11 is 5.99. The van der Waals surface area contributed by atoms with Crippen LogP contribution in [0.2, 0.25) is 5.15 Å². The maximum atomic E-state index is 9.84. The molecule has 1 aromatic heterocycles. The van der Waals surface area contributed by atoms with E-state index in [2.05, 4.69) is 9.97 Å². The molecule has 0 spiro atoms. The van der Waals surface area contributed by atoms with Crippen molar-refractivity contribution in [1.82, 2.24) is 9.97 Å². The summed E-state index contributed by atoms with van der Waals surface area (Å²) in [5.41, 5.74) is 0.375. The number of nitrogens with zero attached hydrogens (tertiary/aromatic N) is 2. The van der Waals surface area contributed by atoms with Gasteiger partial charge in [-0.15, -0.1) is 0 Å². The van der Waals surface area contributed by atoms with E-state index < -0.39 is 5.60 Å². The van der Waals surface area contributed by atoms with Gasteiger partial charge in [0.05, 0.1) is 11.3 Å². The van der Waals surface area contributed by atoms with Gasteiger partial charge in [-0.05, 0) is 32.6 Å². The summed E-state index contributed by atoms with van der Waals surface area (Å²) in [5, 5.41) is 10.3. The van der Waals surface area contributed by atoms with E-state index in [-0.39, 0.29) is 0 Å². The van der Waals surface area contributed by atoms with Gasteiger partial charge in [0.15, 0.2) is 5.15 Å². The quantitative estimate of drug-likeness (QED) is 0.801. The van der Waals surface area contributed by atoms with Crippen LogP contribution >= 0.6 is 11.6 Å². The van der Waals surface area contributed by atoms with E-state index in [0.717, 1.165) is 31.4 Å². The smallest absolute Gasteiger partial charge is 0.150 e. The van der Waals surface area contributed by atoms with E-state index in [9.17, 15) is 5.11 Å². The highest BCUT2D eigenvalue weighted by Gasteiger charge is 2.30. The summed E-state index contributed by atoms with van der Waals surface area (Å²) < 4.78 is 0. The fourth-order valence-corrected chi connectivity index (χ4v) is 2.38. The highest BCUT2D eigenvalue weighted by Crippen LogP contribution is 2.38. The fourth-order valence-electron chi connectivity index (χ4n) is 2.12. The second kappa shape index (κ2) is 4.06. The predicted molar refractivity (Wildman–Crippen MR) is 58.9 cm³/mol. The molecule has 1 aliphatic carbocycles. The Kier molecular flexibility index (Phi) is 2.94. The van der Waals surface area contributed by atoms with Crippen LogP contribution in [0.4, 0.5) is 0 Å². The average Bonchev–Trinajstić information content (AvgIpc) is 2.19. The van der Waals surface area contributed by atoms with Crippen LogP contribution in [-0.4, -0.2) is 20.7 Å². The SMILES string of the molecule is CC1(O)CCC(c2nccnc2Cl)CC1. The molecule has 0 saturated heterocycles. The molecule has 15 heavy (non-hydrogen) atoms. The first kappa shape index (κ1) is 10.8. The van der Waals surface area contributed by atoms with Crippen LogP contribution in [0.5, 0.6) is 0 Å². The molecule has 1 aliphatic rings. The molecule has 0 atom stereocenters. The number of hydrogen-bond donors (Lipinski definition) is 1. The van der Waals surface area contributed by atoms with Crippen molar-refractivity contribution >= 4 is 11.6 Å². The van der Waals surface area contributed by atoms with Gasteiger partial charge in [-0.3, -0.25) is 4.98 Å². The Bertz CT molecular complexity index is 344. The van der Waals surface area contributed by atoms with Crippen LogP contribution in [0.15, 0.2) is 12.4 Å². The largest absolute Gasteiger partial charge is 0.390 e. The predicted octanol–water partition coefficient (Wildman–Crippen LogP) is 2.54. The minimum atomic E-state index is -0.509. The lowest BCUT2D eigenvalue weighted by Crippen LogP contribution is -2.29. The number of halogens is 1. The van der Waals surface area contributed by atoms with Gasteiger partial charge in [-0.2, -0.15) is 0 Å². The summed E-state index contributed by atoms with van der Waals surface area (Å²) in [6.07, 6.45) is 6.77. The van der Waals surface area contributed by atoms with Crippen LogP contribution in [-0.2, 0) is 0 Å². The van der Waals surface area contributed by atoms with E-state index in [1.54, 1.807) is 12.4 Å². The van der Waals surface area contributed by atoms with Gasteiger partial charge >= 0.3 is 0 Å². The van der Waals surface area contributed by atoms with Crippen molar-refractivity contribution in [3.05, 3.63) is 23.2 Å². The van der Waals surface area contributed by atoms with Crippen molar-refractivity contribution in [1.29, 1.82) is 0 Å². The van der Waals surface area contributed by atoms with E-state index in [1.165, 1.54) is 0 Å². The minimum Gasteiger partial charge on any atom is -0.390 e. The lowest BCUT2D eigenvalue weighted by atomic mass is 9.79. The maximum Gasteiger partial charge on any atom is 0.150 e. The fraction of sp³-hybridized carbons (Fsp3) is 0.636. The summed E-state index contributed by atoms with van der Waals surface area (Å²) in [4.78, 5) is 8.30. The lowest BCUT2D eigenvalue weighted by molar-refractivity contribution is 0.0168. The van der Waals surface area contributed by atoms with E-state index in [1.807, 2.05) is 6.92 Å². The molecular formula is C11H15ClN2O. The Morgan fingerprint density at radius 2 is 1.93 bits per heavy atom. The van der Waals surface area contributed by atoms with Crippen LogP contribution in [0.25, 0.3) is 0 Å². The molecule has 4 heteroatoms. The van der Waals surface area contributed by atoms with Crippen molar-refractivity contribution in [3.8, 4) is 0 Å². The molecule has 3 nitrogen and oxygen atoms in total. The van der Waals surface area contributed by atoms with Crippen molar-refractivity contribution in [3.63, 3.8) is 0 Å². The highest BCUT2D eigenvalue weighted by atomic mass is 35.5. The molecule has 0 aromatic carbocycles. The van der Waals surface area contributed by atoms with Crippen LogP contribution < -0.4 is 0 Å². The zero-order valence-corrected chi connectivity index (χ0v) is 9.54. The first-order chi connectivity index (χ1) is 7.08. The van der Waals surface area contributed by atoms with Crippen LogP contribution in [0.3, 0.4) is 0 Å². The molecule has 1 N–H and O–H groups in total. The third-order valence-corrected chi connectivity index (χ3v) is 3.42. The molecule has 0 amide bonds. The maximum absolute atomic E-state index is 9.84. The van der Waals surface area contributed by atoms with Crippen molar-refractivity contribution < 1.29 is 5.11 Å². The Labute approximate surface area is 94.5 Å². The minimum absolute atomic E-state index is 0.353. The van der Waals surface area contributed by atoms with Gasteiger partial charge in [-0.1, -0.05) is 11.6 Å². The molecule has 0 aliphatic heterocycles. The zero-order chi connectivity index (χ0) is 10.9. The Balaban J connectivity index is 2.11. The number of aliphatic hydroxyl groups is 1. The normalized spacial score (nSPS) is 31.5. The molecule has 82 valence electrons. The van der Waals surface area contributed by atoms with Crippen molar-refractivity contribution in [2.75, 3.05) is 0 Å². The monoisotopic (exact) mass is 226 g/mol. The molecule has 0 bridgehead atoms. The second-order valence-electron chi connectivity index (χ2n) is 4.50. The number of hydrogen-bond acceptors (Lipinski definition) is 3. The average molecular weight is 227 g/mol. The highest BCUT2D eigenvalue weighted by molar-refractivity contribution is 6.30. The third-order valence-electron chi connectivity index (χ3n) is 3.13. The first-order valence-corrected chi connectivity index (χ1v) is 5.65.